The summed E-state index contributed by atoms with van der Waals surface area (Å²) in [5, 5.41) is 3.23. The fourth-order valence-corrected chi connectivity index (χ4v) is 3.64. The van der Waals surface area contributed by atoms with Crippen LogP contribution in [0.15, 0.2) is 60.8 Å². The Morgan fingerprint density at radius 2 is 1.84 bits per heavy atom. The van der Waals surface area contributed by atoms with E-state index in [-0.39, 0.29) is 23.3 Å². The molecule has 0 saturated carbocycles. The monoisotopic (exact) mass is 433 g/mol. The number of amides is 2. The van der Waals surface area contributed by atoms with Gasteiger partial charge in [-0.05, 0) is 55.8 Å². The first-order chi connectivity index (χ1) is 14.9. The van der Waals surface area contributed by atoms with Crippen molar-refractivity contribution in [2.45, 2.75) is 19.8 Å². The van der Waals surface area contributed by atoms with Gasteiger partial charge in [-0.2, -0.15) is 0 Å². The van der Waals surface area contributed by atoms with Crippen molar-refractivity contribution in [3.8, 4) is 0 Å². The van der Waals surface area contributed by atoms with Gasteiger partial charge in [-0.3, -0.25) is 14.4 Å². The second-order valence-corrected chi connectivity index (χ2v) is 7.83. The van der Waals surface area contributed by atoms with Gasteiger partial charge in [-0.25, -0.2) is 4.98 Å². The molecule has 1 aliphatic rings. The Hall–Kier alpha value is -3.51. The molecule has 31 heavy (non-hydrogen) atoms. The third-order valence-corrected chi connectivity index (χ3v) is 5.37. The van der Waals surface area contributed by atoms with Gasteiger partial charge in [0.05, 0.1) is 17.6 Å². The first-order valence-electron chi connectivity index (χ1n) is 9.91. The molecule has 2 amide bonds. The first kappa shape index (κ1) is 20.8. The number of fused-ring (bicyclic) bond motifs is 1. The summed E-state index contributed by atoms with van der Waals surface area (Å²) in [5.74, 6) is -0.595. The summed E-state index contributed by atoms with van der Waals surface area (Å²) in [6.07, 6.45) is 2.36. The van der Waals surface area contributed by atoms with E-state index in [4.69, 9.17) is 11.6 Å². The number of aryl methyl sites for hydroxylation is 1. The van der Waals surface area contributed by atoms with E-state index in [1.54, 1.807) is 47.4 Å². The molecule has 3 aromatic rings. The summed E-state index contributed by atoms with van der Waals surface area (Å²) in [6, 6.07) is 15.4. The zero-order chi connectivity index (χ0) is 22.0. The standard InChI is InChI=1S/C24H20ClN3O3/c1-15-4-6-16(7-5-15)23(30)27-18-9-10-20(26-14-18)24(31)28-12-2-3-22(29)19-13-17(25)8-11-21(19)28/h4-11,13-14H,2-3,12H2,1H3,(H,27,30). The number of aromatic nitrogens is 1. The Balaban J connectivity index is 1.53. The fraction of sp³-hybridized carbons (Fsp3) is 0.167. The van der Waals surface area contributed by atoms with Crippen molar-refractivity contribution >= 4 is 40.6 Å². The number of halogens is 1. The van der Waals surface area contributed by atoms with Crippen molar-refractivity contribution in [3.63, 3.8) is 0 Å². The second-order valence-electron chi connectivity index (χ2n) is 7.40. The fourth-order valence-electron chi connectivity index (χ4n) is 3.47. The van der Waals surface area contributed by atoms with Gasteiger partial charge in [0.15, 0.2) is 5.78 Å². The number of benzene rings is 2. The van der Waals surface area contributed by atoms with Crippen molar-refractivity contribution in [1.82, 2.24) is 4.98 Å². The third-order valence-electron chi connectivity index (χ3n) is 5.13. The summed E-state index contributed by atoms with van der Waals surface area (Å²) < 4.78 is 0. The zero-order valence-electron chi connectivity index (χ0n) is 16.9. The number of pyridine rings is 1. The first-order valence-corrected chi connectivity index (χ1v) is 10.3. The number of nitrogens with zero attached hydrogens (tertiary/aromatic N) is 2. The molecule has 2 heterocycles. The molecule has 1 N–H and O–H groups in total. The molecule has 0 bridgehead atoms. The predicted octanol–water partition coefficient (Wildman–Crippen LogP) is 4.92. The van der Waals surface area contributed by atoms with Crippen LogP contribution >= 0.6 is 11.6 Å². The van der Waals surface area contributed by atoms with Crippen molar-refractivity contribution in [2.24, 2.45) is 0 Å². The highest BCUT2D eigenvalue weighted by Crippen LogP contribution is 2.30. The van der Waals surface area contributed by atoms with Crippen LogP contribution in [0.2, 0.25) is 5.02 Å². The maximum atomic E-state index is 13.1. The number of carbonyl (C=O) groups excluding carboxylic acids is 3. The maximum absolute atomic E-state index is 13.1. The van der Waals surface area contributed by atoms with E-state index < -0.39 is 0 Å². The van der Waals surface area contributed by atoms with Crippen LogP contribution in [0.3, 0.4) is 0 Å². The van der Waals surface area contributed by atoms with Crippen LogP contribution in [0.1, 0.15) is 49.6 Å². The molecule has 1 aliphatic heterocycles. The average Bonchev–Trinajstić information content (AvgIpc) is 2.93. The minimum atomic E-state index is -0.310. The van der Waals surface area contributed by atoms with Crippen LogP contribution in [0, 0.1) is 6.92 Å². The van der Waals surface area contributed by atoms with Crippen molar-refractivity contribution in [2.75, 3.05) is 16.8 Å². The minimum absolute atomic E-state index is 0.0325. The van der Waals surface area contributed by atoms with Crippen LogP contribution in [0.4, 0.5) is 11.4 Å². The molecule has 0 unspecified atom stereocenters. The molecule has 156 valence electrons. The lowest BCUT2D eigenvalue weighted by atomic mass is 10.1. The number of hydrogen-bond acceptors (Lipinski definition) is 4. The van der Waals surface area contributed by atoms with Gasteiger partial charge in [0.2, 0.25) is 0 Å². The summed E-state index contributed by atoms with van der Waals surface area (Å²) in [4.78, 5) is 43.7. The molecule has 0 fully saturated rings. The number of carbonyl (C=O) groups is 3. The predicted molar refractivity (Wildman–Crippen MR) is 120 cm³/mol. The molecule has 7 heteroatoms. The molecule has 0 radical (unpaired) electrons. The van der Waals surface area contributed by atoms with Gasteiger partial charge in [0.1, 0.15) is 5.69 Å². The van der Waals surface area contributed by atoms with E-state index in [9.17, 15) is 14.4 Å². The van der Waals surface area contributed by atoms with Gasteiger partial charge in [-0.1, -0.05) is 29.3 Å². The number of ketones is 1. The van der Waals surface area contributed by atoms with Gasteiger partial charge in [-0.15, -0.1) is 0 Å². The van der Waals surface area contributed by atoms with Gasteiger partial charge < -0.3 is 10.2 Å². The molecule has 0 aliphatic carbocycles. The Morgan fingerprint density at radius 1 is 1.06 bits per heavy atom. The maximum Gasteiger partial charge on any atom is 0.276 e. The topological polar surface area (TPSA) is 79.4 Å². The van der Waals surface area contributed by atoms with Crippen LogP contribution in [0.25, 0.3) is 0 Å². The number of anilines is 2. The number of nitrogens with one attached hydrogen (secondary N) is 1. The van der Waals surface area contributed by atoms with Gasteiger partial charge in [0, 0.05) is 29.1 Å². The largest absolute Gasteiger partial charge is 0.321 e. The SMILES string of the molecule is Cc1ccc(C(=O)Nc2ccc(C(=O)N3CCCC(=O)c4cc(Cl)ccc43)nc2)cc1. The number of Topliss-reactive ketones (excluding diaryl/α,β-unsaturated/α-hetero) is 1. The van der Waals surface area contributed by atoms with Gasteiger partial charge in [0.25, 0.3) is 11.8 Å². The molecular weight excluding hydrogens is 414 g/mol. The summed E-state index contributed by atoms with van der Waals surface area (Å²) in [7, 11) is 0. The highest BCUT2D eigenvalue weighted by Gasteiger charge is 2.26. The zero-order valence-corrected chi connectivity index (χ0v) is 17.6. The highest BCUT2D eigenvalue weighted by molar-refractivity contribution is 6.31. The van der Waals surface area contributed by atoms with Crippen LogP contribution in [0.5, 0.6) is 0 Å². The van der Waals surface area contributed by atoms with E-state index in [2.05, 4.69) is 10.3 Å². The van der Waals surface area contributed by atoms with E-state index in [0.717, 1.165) is 5.56 Å². The second kappa shape index (κ2) is 8.70. The lowest BCUT2D eigenvalue weighted by molar-refractivity contribution is 0.0971. The smallest absolute Gasteiger partial charge is 0.276 e. The molecule has 4 rings (SSSR count). The van der Waals surface area contributed by atoms with E-state index in [1.807, 2.05) is 19.1 Å². The van der Waals surface area contributed by atoms with Crippen LogP contribution in [-0.4, -0.2) is 29.1 Å². The van der Waals surface area contributed by atoms with Crippen LogP contribution in [-0.2, 0) is 0 Å². The van der Waals surface area contributed by atoms with Crippen molar-refractivity contribution in [3.05, 3.63) is 88.2 Å². The number of hydrogen-bond donors (Lipinski definition) is 1. The van der Waals surface area contributed by atoms with Crippen molar-refractivity contribution < 1.29 is 14.4 Å². The lowest BCUT2D eigenvalue weighted by Gasteiger charge is -2.22. The van der Waals surface area contributed by atoms with Crippen molar-refractivity contribution in [1.29, 1.82) is 0 Å². The Bertz CT molecular complexity index is 1160. The Kier molecular flexibility index (Phi) is 5.82. The van der Waals surface area contributed by atoms with E-state index >= 15 is 0 Å². The van der Waals surface area contributed by atoms with Gasteiger partial charge >= 0.3 is 0 Å². The minimum Gasteiger partial charge on any atom is -0.321 e. The molecular formula is C24H20ClN3O3. The molecule has 0 spiro atoms. The molecule has 0 saturated heterocycles. The Labute approximate surface area is 184 Å². The quantitative estimate of drug-likeness (QED) is 0.635. The van der Waals surface area contributed by atoms with Crippen LogP contribution < -0.4 is 10.2 Å². The molecule has 0 atom stereocenters. The summed E-state index contributed by atoms with van der Waals surface area (Å²) in [6.45, 7) is 2.36. The van der Waals surface area contributed by atoms with E-state index in [1.165, 1.54) is 6.20 Å². The summed E-state index contributed by atoms with van der Waals surface area (Å²) in [5.41, 5.74) is 3.30. The molecule has 6 nitrogen and oxygen atoms in total. The number of rotatable bonds is 3. The summed E-state index contributed by atoms with van der Waals surface area (Å²) >= 11 is 6.05. The molecule has 1 aromatic heterocycles. The molecule has 2 aromatic carbocycles. The normalized spacial score (nSPS) is 13.4. The third kappa shape index (κ3) is 4.49. The average molecular weight is 434 g/mol. The Morgan fingerprint density at radius 3 is 2.55 bits per heavy atom. The highest BCUT2D eigenvalue weighted by atomic mass is 35.5. The van der Waals surface area contributed by atoms with E-state index in [0.29, 0.717) is 46.9 Å². The lowest BCUT2D eigenvalue weighted by Crippen LogP contribution is -2.32.